The Morgan fingerprint density at radius 1 is 1.41 bits per heavy atom. The van der Waals surface area contributed by atoms with Gasteiger partial charge in [-0.1, -0.05) is 0 Å². The smallest absolute Gasteiger partial charge is 0.232 e. The molecule has 17 heavy (non-hydrogen) atoms. The van der Waals surface area contributed by atoms with Crippen molar-refractivity contribution in [2.24, 2.45) is 5.73 Å². The Morgan fingerprint density at radius 2 is 2.06 bits per heavy atom. The maximum absolute atomic E-state index is 11.3. The third-order valence-electron chi connectivity index (χ3n) is 2.44. The van der Waals surface area contributed by atoms with Crippen LogP contribution in [0, 0.1) is 0 Å². The summed E-state index contributed by atoms with van der Waals surface area (Å²) >= 11 is 0. The Kier molecular flexibility index (Phi) is 4.50. The molecule has 1 fully saturated rings. The van der Waals surface area contributed by atoms with Gasteiger partial charge in [0.2, 0.25) is 5.91 Å². The normalized spacial score (nSPS) is 23.6. The Balaban J connectivity index is 2.32. The van der Waals surface area contributed by atoms with Gasteiger partial charge in [-0.15, -0.1) is 0 Å². The largest absolute Gasteiger partial charge is 0.369 e. The molecule has 7 nitrogen and oxygen atoms in total. The summed E-state index contributed by atoms with van der Waals surface area (Å²) in [6, 6.07) is -0.191. The zero-order chi connectivity index (χ0) is 13.1. The molecule has 9 heteroatoms. The van der Waals surface area contributed by atoms with E-state index in [1.54, 1.807) is 0 Å². The van der Waals surface area contributed by atoms with E-state index >= 15 is 0 Å². The van der Waals surface area contributed by atoms with Crippen molar-refractivity contribution in [1.29, 1.82) is 0 Å². The van der Waals surface area contributed by atoms with E-state index in [2.05, 4.69) is 5.32 Å². The van der Waals surface area contributed by atoms with Crippen LogP contribution in [0.3, 0.4) is 0 Å². The molecular formula is C8H16N2O5S2. The average Bonchev–Trinajstić information content (AvgIpc) is 2.42. The second kappa shape index (κ2) is 5.32. The number of hydrogen-bond acceptors (Lipinski definition) is 6. The van der Waals surface area contributed by atoms with Gasteiger partial charge in [-0.25, -0.2) is 16.8 Å². The summed E-state index contributed by atoms with van der Waals surface area (Å²) < 4.78 is 44.8. The zero-order valence-corrected chi connectivity index (χ0v) is 10.9. The fourth-order valence-electron chi connectivity index (χ4n) is 1.66. The van der Waals surface area contributed by atoms with Gasteiger partial charge in [0.15, 0.2) is 19.7 Å². The summed E-state index contributed by atoms with van der Waals surface area (Å²) in [5.41, 5.74) is 4.79. The number of nitrogens with two attached hydrogens (primary N) is 1. The Bertz CT molecular complexity index is 482. The molecule has 0 aliphatic carbocycles. The van der Waals surface area contributed by atoms with Gasteiger partial charge < -0.3 is 11.1 Å². The monoisotopic (exact) mass is 284 g/mol. The minimum absolute atomic E-state index is 0.0445. The maximum Gasteiger partial charge on any atom is 0.232 e. The number of sulfone groups is 2. The SMILES string of the molecule is NC(=O)CS(=O)(=O)CCNC1CCS(=O)(=O)C1. The highest BCUT2D eigenvalue weighted by atomic mass is 32.2. The van der Waals surface area contributed by atoms with Gasteiger partial charge in [-0.05, 0) is 6.42 Å². The zero-order valence-electron chi connectivity index (χ0n) is 9.26. The highest BCUT2D eigenvalue weighted by molar-refractivity contribution is 7.92. The molecule has 3 N–H and O–H groups in total. The van der Waals surface area contributed by atoms with Crippen molar-refractivity contribution in [2.45, 2.75) is 12.5 Å². The number of rotatable bonds is 6. The van der Waals surface area contributed by atoms with Crippen LogP contribution in [0.15, 0.2) is 0 Å². The van der Waals surface area contributed by atoms with Crippen LogP contribution in [0.1, 0.15) is 6.42 Å². The molecule has 0 bridgehead atoms. The van der Waals surface area contributed by atoms with Crippen LogP contribution >= 0.6 is 0 Å². The molecule has 0 aromatic heterocycles. The van der Waals surface area contributed by atoms with Crippen LogP contribution in [0.5, 0.6) is 0 Å². The minimum atomic E-state index is -3.49. The second-order valence-corrected chi connectivity index (χ2v) is 8.53. The first-order chi connectivity index (χ1) is 7.70. The van der Waals surface area contributed by atoms with Gasteiger partial charge in [0.25, 0.3) is 0 Å². The van der Waals surface area contributed by atoms with Crippen molar-refractivity contribution < 1.29 is 21.6 Å². The van der Waals surface area contributed by atoms with Gasteiger partial charge in [0.1, 0.15) is 5.75 Å². The molecule has 1 rings (SSSR count). The van der Waals surface area contributed by atoms with Gasteiger partial charge in [-0.2, -0.15) is 0 Å². The molecular weight excluding hydrogens is 268 g/mol. The highest BCUT2D eigenvalue weighted by Gasteiger charge is 2.27. The number of primary amides is 1. The summed E-state index contributed by atoms with van der Waals surface area (Å²) in [7, 11) is -6.45. The highest BCUT2D eigenvalue weighted by Crippen LogP contribution is 2.10. The quantitative estimate of drug-likeness (QED) is 0.563. The van der Waals surface area contributed by atoms with Crippen molar-refractivity contribution in [2.75, 3.05) is 29.6 Å². The summed E-state index contributed by atoms with van der Waals surface area (Å²) in [6.45, 7) is 0.135. The fraction of sp³-hybridized carbons (Fsp3) is 0.875. The molecule has 1 saturated heterocycles. The number of amides is 1. The van der Waals surface area contributed by atoms with E-state index in [9.17, 15) is 21.6 Å². The number of carbonyl (C=O) groups is 1. The van der Waals surface area contributed by atoms with Crippen LogP contribution in [-0.4, -0.2) is 58.3 Å². The lowest BCUT2D eigenvalue weighted by molar-refractivity contribution is -0.115. The lowest BCUT2D eigenvalue weighted by Gasteiger charge is -2.10. The minimum Gasteiger partial charge on any atom is -0.369 e. The molecule has 0 aromatic carbocycles. The van der Waals surface area contributed by atoms with Crippen LogP contribution in [0.4, 0.5) is 0 Å². The first-order valence-electron chi connectivity index (χ1n) is 5.13. The lowest BCUT2D eigenvalue weighted by Crippen LogP contribution is -2.35. The van der Waals surface area contributed by atoms with Crippen molar-refractivity contribution >= 4 is 25.6 Å². The molecule has 1 unspecified atom stereocenters. The number of hydrogen-bond donors (Lipinski definition) is 2. The Hall–Kier alpha value is -0.670. The van der Waals surface area contributed by atoms with E-state index in [-0.39, 0.29) is 29.8 Å². The lowest BCUT2D eigenvalue weighted by atomic mass is 10.3. The third-order valence-corrected chi connectivity index (χ3v) is 5.76. The summed E-state index contributed by atoms with van der Waals surface area (Å²) in [4.78, 5) is 10.5. The summed E-state index contributed by atoms with van der Waals surface area (Å²) in [5.74, 6) is -1.58. The molecule has 0 saturated carbocycles. The summed E-state index contributed by atoms with van der Waals surface area (Å²) in [5, 5.41) is 2.86. The van der Waals surface area contributed by atoms with Crippen LogP contribution < -0.4 is 11.1 Å². The van der Waals surface area contributed by atoms with Crippen molar-refractivity contribution in [3.63, 3.8) is 0 Å². The van der Waals surface area contributed by atoms with E-state index in [0.717, 1.165) is 0 Å². The number of nitrogens with one attached hydrogen (secondary N) is 1. The molecule has 1 atom stereocenters. The molecule has 1 heterocycles. The number of carbonyl (C=O) groups excluding carboxylic acids is 1. The van der Waals surface area contributed by atoms with E-state index in [4.69, 9.17) is 5.73 Å². The van der Waals surface area contributed by atoms with E-state index in [1.165, 1.54) is 0 Å². The topological polar surface area (TPSA) is 123 Å². The first kappa shape index (κ1) is 14.4. The van der Waals surface area contributed by atoms with Crippen molar-refractivity contribution in [3.05, 3.63) is 0 Å². The van der Waals surface area contributed by atoms with Crippen LogP contribution in [-0.2, 0) is 24.5 Å². The fourth-order valence-corrected chi connectivity index (χ4v) is 4.38. The van der Waals surface area contributed by atoms with Crippen molar-refractivity contribution in [3.8, 4) is 0 Å². The van der Waals surface area contributed by atoms with Gasteiger partial charge >= 0.3 is 0 Å². The average molecular weight is 284 g/mol. The molecule has 1 amide bonds. The Morgan fingerprint density at radius 3 is 2.53 bits per heavy atom. The van der Waals surface area contributed by atoms with Crippen LogP contribution in [0.2, 0.25) is 0 Å². The van der Waals surface area contributed by atoms with E-state index < -0.39 is 31.3 Å². The molecule has 1 aliphatic heterocycles. The predicted octanol–water partition coefficient (Wildman–Crippen LogP) is -2.34. The van der Waals surface area contributed by atoms with Gasteiger partial charge in [0, 0.05) is 12.6 Å². The van der Waals surface area contributed by atoms with E-state index in [1.807, 2.05) is 0 Å². The van der Waals surface area contributed by atoms with Crippen LogP contribution in [0.25, 0.3) is 0 Å². The molecule has 100 valence electrons. The van der Waals surface area contributed by atoms with Gasteiger partial charge in [0.05, 0.1) is 17.3 Å². The standard InChI is InChI=1S/C8H16N2O5S2/c9-8(11)6-17(14,15)4-2-10-7-1-3-16(12,13)5-7/h7,10H,1-6H2,(H2,9,11). The van der Waals surface area contributed by atoms with Gasteiger partial charge in [-0.3, -0.25) is 4.79 Å². The molecule has 1 aliphatic rings. The summed E-state index contributed by atoms with van der Waals surface area (Å²) in [6.07, 6.45) is 0.498. The molecule has 0 aromatic rings. The first-order valence-corrected chi connectivity index (χ1v) is 8.77. The maximum atomic E-state index is 11.3. The second-order valence-electron chi connectivity index (χ2n) is 4.11. The van der Waals surface area contributed by atoms with Crippen molar-refractivity contribution in [1.82, 2.24) is 5.32 Å². The molecule has 0 spiro atoms. The molecule has 0 radical (unpaired) electrons. The van der Waals surface area contributed by atoms with E-state index in [0.29, 0.717) is 6.42 Å². The predicted molar refractivity (Wildman–Crippen MR) is 62.9 cm³/mol. The Labute approximate surface area is 101 Å². The third kappa shape index (κ3) is 5.46.